The summed E-state index contributed by atoms with van der Waals surface area (Å²) < 4.78 is 18.5. The van der Waals surface area contributed by atoms with Crippen LogP contribution in [0.15, 0.2) is 16.9 Å². The molecule has 0 aromatic carbocycles. The minimum atomic E-state index is -0.252. The van der Waals surface area contributed by atoms with Crippen LogP contribution in [0.2, 0.25) is 0 Å². The lowest BCUT2D eigenvalue weighted by Gasteiger charge is -2.15. The number of halogens is 2. The summed E-state index contributed by atoms with van der Waals surface area (Å²) in [5, 5.41) is 0. The molecule has 2 heterocycles. The van der Waals surface area contributed by atoms with E-state index in [1.54, 1.807) is 12.4 Å². The van der Waals surface area contributed by atoms with Gasteiger partial charge < -0.3 is 4.74 Å². The second-order valence-electron chi connectivity index (χ2n) is 4.06. The molecular formula is C11H15BrFN3O. The highest BCUT2D eigenvalue weighted by molar-refractivity contribution is 9.10. The van der Waals surface area contributed by atoms with Gasteiger partial charge in [0.2, 0.25) is 0 Å². The van der Waals surface area contributed by atoms with Gasteiger partial charge in [0.15, 0.2) is 0 Å². The van der Waals surface area contributed by atoms with Crippen molar-refractivity contribution >= 4 is 15.9 Å². The Bertz CT molecular complexity index is 349. The van der Waals surface area contributed by atoms with Gasteiger partial charge in [0, 0.05) is 32.0 Å². The summed E-state index contributed by atoms with van der Waals surface area (Å²) in [7, 11) is 0. The largest absolute Gasteiger partial charge is 0.459 e. The Balaban J connectivity index is 1.79. The lowest BCUT2D eigenvalue weighted by Crippen LogP contribution is -2.26. The van der Waals surface area contributed by atoms with E-state index < -0.39 is 0 Å². The first-order valence-electron chi connectivity index (χ1n) is 5.70. The van der Waals surface area contributed by atoms with E-state index in [0.29, 0.717) is 12.4 Å². The zero-order chi connectivity index (χ0) is 12.1. The van der Waals surface area contributed by atoms with Gasteiger partial charge in [-0.3, -0.25) is 9.29 Å². The van der Waals surface area contributed by atoms with Crippen molar-refractivity contribution in [1.82, 2.24) is 14.9 Å². The monoisotopic (exact) mass is 303 g/mol. The van der Waals surface area contributed by atoms with Gasteiger partial charge in [0.25, 0.3) is 0 Å². The fourth-order valence-corrected chi connectivity index (χ4v) is 2.09. The highest BCUT2D eigenvalue weighted by Gasteiger charge is 2.24. The normalized spacial score (nSPS) is 20.7. The Kier molecular flexibility index (Phi) is 4.67. The van der Waals surface area contributed by atoms with E-state index in [1.165, 1.54) is 0 Å². The van der Waals surface area contributed by atoms with Gasteiger partial charge in [-0.1, -0.05) is 0 Å². The third-order valence-corrected chi connectivity index (χ3v) is 3.12. The molecule has 1 aliphatic rings. The molecule has 0 radical (unpaired) electrons. The summed E-state index contributed by atoms with van der Waals surface area (Å²) in [6.07, 6.45) is 5.00. The highest BCUT2D eigenvalue weighted by Crippen LogP contribution is 2.16. The van der Waals surface area contributed by atoms with Crippen LogP contribution < -0.4 is 4.74 Å². The van der Waals surface area contributed by atoms with Crippen molar-refractivity contribution in [2.45, 2.75) is 18.9 Å². The second kappa shape index (κ2) is 6.26. The zero-order valence-electron chi connectivity index (χ0n) is 9.48. The van der Waals surface area contributed by atoms with Gasteiger partial charge in [0.1, 0.15) is 6.10 Å². The van der Waals surface area contributed by atoms with Crippen molar-refractivity contribution in [2.24, 2.45) is 0 Å². The molecule has 4 nitrogen and oxygen atoms in total. The minimum absolute atomic E-state index is 0.121. The highest BCUT2D eigenvalue weighted by atomic mass is 79.9. The third-order valence-electron chi connectivity index (χ3n) is 2.71. The molecule has 1 fully saturated rings. The van der Waals surface area contributed by atoms with E-state index in [0.717, 1.165) is 30.5 Å². The smallest absolute Gasteiger partial charge is 0.316 e. The average Bonchev–Trinajstić information content (AvgIpc) is 2.77. The average molecular weight is 304 g/mol. The molecule has 0 bridgehead atoms. The molecule has 0 saturated carbocycles. The van der Waals surface area contributed by atoms with E-state index in [9.17, 15) is 4.39 Å². The number of ether oxygens (including phenoxy) is 1. The molecule has 0 aliphatic carbocycles. The molecule has 1 saturated heterocycles. The van der Waals surface area contributed by atoms with Crippen LogP contribution in [0.3, 0.4) is 0 Å². The lowest BCUT2D eigenvalue weighted by molar-refractivity contribution is 0.183. The van der Waals surface area contributed by atoms with Gasteiger partial charge in [0.05, 0.1) is 11.1 Å². The van der Waals surface area contributed by atoms with E-state index in [1.807, 2.05) is 0 Å². The summed E-state index contributed by atoms with van der Waals surface area (Å²) in [6.45, 7) is 2.34. The van der Waals surface area contributed by atoms with Crippen molar-refractivity contribution in [3.8, 4) is 6.01 Å². The fraction of sp³-hybridized carbons (Fsp3) is 0.636. The van der Waals surface area contributed by atoms with Crippen molar-refractivity contribution in [2.75, 3.05) is 26.3 Å². The molecule has 2 rings (SSSR count). The molecule has 1 aromatic rings. The molecule has 1 aromatic heterocycles. The van der Waals surface area contributed by atoms with E-state index in [2.05, 4.69) is 30.8 Å². The predicted molar refractivity (Wildman–Crippen MR) is 65.8 cm³/mol. The molecule has 1 atom stereocenters. The van der Waals surface area contributed by atoms with Crippen molar-refractivity contribution in [3.63, 3.8) is 0 Å². The Labute approximate surface area is 108 Å². The van der Waals surface area contributed by atoms with Gasteiger partial charge in [-0.2, -0.15) is 0 Å². The number of hydrogen-bond acceptors (Lipinski definition) is 4. The van der Waals surface area contributed by atoms with Crippen LogP contribution in [0.5, 0.6) is 6.01 Å². The van der Waals surface area contributed by atoms with E-state index in [4.69, 9.17) is 4.74 Å². The van der Waals surface area contributed by atoms with Crippen LogP contribution >= 0.6 is 15.9 Å². The van der Waals surface area contributed by atoms with Gasteiger partial charge in [-0.25, -0.2) is 9.97 Å². The standard InChI is InChI=1S/C11H15BrFN3O/c12-9-6-14-11(15-7-9)17-10-2-5-16(8-10)4-1-3-13/h6-7,10H,1-5,8H2/t10-/m0/s1. The summed E-state index contributed by atoms with van der Waals surface area (Å²) in [6, 6.07) is 0.408. The van der Waals surface area contributed by atoms with Gasteiger partial charge in [-0.05, 0) is 28.8 Å². The number of likely N-dealkylation sites (tertiary alicyclic amines) is 1. The van der Waals surface area contributed by atoms with Gasteiger partial charge >= 0.3 is 6.01 Å². The molecule has 0 N–H and O–H groups in total. The van der Waals surface area contributed by atoms with E-state index >= 15 is 0 Å². The Morgan fingerprint density at radius 3 is 2.94 bits per heavy atom. The summed E-state index contributed by atoms with van der Waals surface area (Å²) in [4.78, 5) is 10.4. The van der Waals surface area contributed by atoms with Crippen LogP contribution in [-0.2, 0) is 0 Å². The number of nitrogens with zero attached hydrogens (tertiary/aromatic N) is 3. The third kappa shape index (κ3) is 3.89. The SMILES string of the molecule is FCCCN1CC[C@H](Oc2ncc(Br)cn2)C1. The van der Waals surface area contributed by atoms with Crippen LogP contribution in [-0.4, -0.2) is 47.3 Å². The summed E-state index contributed by atoms with van der Waals surface area (Å²) in [5.74, 6) is 0. The molecule has 0 amide bonds. The number of alkyl halides is 1. The Morgan fingerprint density at radius 2 is 2.24 bits per heavy atom. The molecule has 6 heteroatoms. The number of aromatic nitrogens is 2. The van der Waals surface area contributed by atoms with Crippen LogP contribution in [0.1, 0.15) is 12.8 Å². The molecule has 0 unspecified atom stereocenters. The second-order valence-corrected chi connectivity index (χ2v) is 4.97. The molecule has 1 aliphatic heterocycles. The molecule has 17 heavy (non-hydrogen) atoms. The zero-order valence-corrected chi connectivity index (χ0v) is 11.1. The lowest BCUT2D eigenvalue weighted by atomic mass is 10.3. The van der Waals surface area contributed by atoms with Crippen LogP contribution in [0.4, 0.5) is 4.39 Å². The van der Waals surface area contributed by atoms with Gasteiger partial charge in [-0.15, -0.1) is 0 Å². The maximum absolute atomic E-state index is 12.0. The molecular weight excluding hydrogens is 289 g/mol. The first-order chi connectivity index (χ1) is 8.28. The van der Waals surface area contributed by atoms with Crippen LogP contribution in [0.25, 0.3) is 0 Å². The summed E-state index contributed by atoms with van der Waals surface area (Å²) >= 11 is 3.27. The Hall–Kier alpha value is -0.750. The van der Waals surface area contributed by atoms with E-state index in [-0.39, 0.29) is 12.8 Å². The Morgan fingerprint density at radius 1 is 1.47 bits per heavy atom. The topological polar surface area (TPSA) is 38.2 Å². The summed E-state index contributed by atoms with van der Waals surface area (Å²) in [5.41, 5.74) is 0. The quantitative estimate of drug-likeness (QED) is 0.834. The number of rotatable bonds is 5. The molecule has 0 spiro atoms. The minimum Gasteiger partial charge on any atom is -0.459 e. The maximum atomic E-state index is 12.0. The van der Waals surface area contributed by atoms with Crippen molar-refractivity contribution in [1.29, 1.82) is 0 Å². The maximum Gasteiger partial charge on any atom is 0.316 e. The number of hydrogen-bond donors (Lipinski definition) is 0. The first-order valence-corrected chi connectivity index (χ1v) is 6.50. The van der Waals surface area contributed by atoms with Crippen molar-refractivity contribution in [3.05, 3.63) is 16.9 Å². The van der Waals surface area contributed by atoms with Crippen molar-refractivity contribution < 1.29 is 9.13 Å². The fourth-order valence-electron chi connectivity index (χ4n) is 1.89. The predicted octanol–water partition coefficient (Wildman–Crippen LogP) is 2.05. The van der Waals surface area contributed by atoms with Crippen LogP contribution in [0, 0.1) is 0 Å². The first kappa shape index (κ1) is 12.7. The molecule has 94 valence electrons.